The number of aryl methyl sites for hydroxylation is 1. The number of benzene rings is 1. The molecular weight excluding hydrogens is 284 g/mol. The summed E-state index contributed by atoms with van der Waals surface area (Å²) in [6.45, 7) is 3.41. The largest absolute Gasteiger partial charge is 0.396 e. The van der Waals surface area contributed by atoms with Gasteiger partial charge in [0.2, 0.25) is 0 Å². The third-order valence-corrected chi connectivity index (χ3v) is 5.40. The first kappa shape index (κ1) is 16.5. The van der Waals surface area contributed by atoms with Crippen LogP contribution in [0.1, 0.15) is 70.0 Å². The summed E-state index contributed by atoms with van der Waals surface area (Å²) in [5.74, 6) is 2.79. The number of nitrogens with zero attached hydrogens (tertiary/aromatic N) is 2. The van der Waals surface area contributed by atoms with Gasteiger partial charge < -0.3 is 9.67 Å². The smallest absolute Gasteiger partial charge is 0.112 e. The Balaban J connectivity index is 1.77. The highest BCUT2D eigenvalue weighted by atomic mass is 16.3. The molecule has 1 aliphatic rings. The quantitative estimate of drug-likeness (QED) is 0.790. The summed E-state index contributed by atoms with van der Waals surface area (Å²) in [6, 6.07) is 8.43. The Bertz CT molecular complexity index is 611. The van der Waals surface area contributed by atoms with Crippen molar-refractivity contribution in [3.05, 3.63) is 30.1 Å². The van der Waals surface area contributed by atoms with Gasteiger partial charge in [0, 0.05) is 19.1 Å². The topological polar surface area (TPSA) is 38.0 Å². The highest BCUT2D eigenvalue weighted by molar-refractivity contribution is 5.76. The van der Waals surface area contributed by atoms with Crippen molar-refractivity contribution in [2.75, 3.05) is 6.61 Å². The van der Waals surface area contributed by atoms with Crippen LogP contribution >= 0.6 is 0 Å². The number of rotatable bonds is 7. The Labute approximate surface area is 139 Å². The first-order chi connectivity index (χ1) is 11.3. The Morgan fingerprint density at radius 3 is 2.65 bits per heavy atom. The molecule has 1 aliphatic carbocycles. The van der Waals surface area contributed by atoms with E-state index in [0.29, 0.717) is 5.92 Å². The number of hydrogen-bond acceptors (Lipinski definition) is 2. The van der Waals surface area contributed by atoms with Crippen LogP contribution in [-0.4, -0.2) is 21.3 Å². The summed E-state index contributed by atoms with van der Waals surface area (Å²) < 4.78 is 2.36. The summed E-state index contributed by atoms with van der Waals surface area (Å²) >= 11 is 0. The van der Waals surface area contributed by atoms with Gasteiger partial charge >= 0.3 is 0 Å². The zero-order chi connectivity index (χ0) is 16.1. The second-order valence-corrected chi connectivity index (χ2v) is 7.05. The highest BCUT2D eigenvalue weighted by Crippen LogP contribution is 2.38. The van der Waals surface area contributed by atoms with E-state index in [1.807, 2.05) is 0 Å². The van der Waals surface area contributed by atoms with Gasteiger partial charge in [-0.05, 0) is 50.2 Å². The van der Waals surface area contributed by atoms with Gasteiger partial charge in [-0.2, -0.15) is 0 Å². The van der Waals surface area contributed by atoms with Gasteiger partial charge in [-0.15, -0.1) is 0 Å². The maximum absolute atomic E-state index is 9.22. The zero-order valence-corrected chi connectivity index (χ0v) is 14.4. The molecule has 3 rings (SSSR count). The zero-order valence-electron chi connectivity index (χ0n) is 14.4. The van der Waals surface area contributed by atoms with Crippen LogP contribution in [0.15, 0.2) is 24.3 Å². The first-order valence-corrected chi connectivity index (χ1v) is 9.39. The van der Waals surface area contributed by atoms with Gasteiger partial charge in [0.05, 0.1) is 11.0 Å². The van der Waals surface area contributed by atoms with Crippen LogP contribution < -0.4 is 0 Å². The van der Waals surface area contributed by atoms with E-state index in [-0.39, 0.29) is 6.61 Å². The van der Waals surface area contributed by atoms with Gasteiger partial charge in [-0.25, -0.2) is 4.98 Å². The minimum atomic E-state index is 0.246. The fraction of sp³-hybridized carbons (Fsp3) is 0.650. The van der Waals surface area contributed by atoms with Crippen molar-refractivity contribution in [1.29, 1.82) is 0 Å². The lowest BCUT2D eigenvalue weighted by Crippen LogP contribution is -2.17. The lowest BCUT2D eigenvalue weighted by molar-refractivity contribution is 0.274. The number of aromatic nitrogens is 2. The lowest BCUT2D eigenvalue weighted by atomic mass is 9.79. The second-order valence-electron chi connectivity index (χ2n) is 7.05. The molecule has 1 aromatic carbocycles. The van der Waals surface area contributed by atoms with E-state index < -0.39 is 0 Å². The number of fused-ring (bicyclic) bond motifs is 1. The van der Waals surface area contributed by atoms with Crippen LogP contribution in [-0.2, 0) is 6.54 Å². The van der Waals surface area contributed by atoms with E-state index in [1.54, 1.807) is 0 Å². The number of aliphatic hydroxyl groups is 1. The van der Waals surface area contributed by atoms with Crippen molar-refractivity contribution in [3.8, 4) is 0 Å². The molecule has 1 heterocycles. The molecule has 1 aromatic heterocycles. The van der Waals surface area contributed by atoms with Crippen molar-refractivity contribution in [2.45, 2.75) is 70.8 Å². The molecule has 0 amide bonds. The molecule has 0 bridgehead atoms. The molecule has 0 radical (unpaired) electrons. The monoisotopic (exact) mass is 314 g/mol. The van der Waals surface area contributed by atoms with Gasteiger partial charge in [-0.3, -0.25) is 0 Å². The van der Waals surface area contributed by atoms with Gasteiger partial charge in [0.1, 0.15) is 5.82 Å². The highest BCUT2D eigenvalue weighted by Gasteiger charge is 2.26. The molecule has 0 unspecified atom stereocenters. The van der Waals surface area contributed by atoms with Crippen molar-refractivity contribution in [1.82, 2.24) is 9.55 Å². The van der Waals surface area contributed by atoms with Crippen LogP contribution in [0, 0.1) is 5.92 Å². The summed E-state index contributed by atoms with van der Waals surface area (Å²) in [7, 11) is 0. The van der Waals surface area contributed by atoms with E-state index in [2.05, 4.69) is 35.8 Å². The van der Waals surface area contributed by atoms with Crippen LogP contribution in [0.4, 0.5) is 0 Å². The number of hydrogen-bond donors (Lipinski definition) is 1. The molecule has 0 aliphatic heterocycles. The van der Waals surface area contributed by atoms with E-state index in [9.17, 15) is 5.11 Å². The number of para-hydroxylation sites is 2. The first-order valence-electron chi connectivity index (χ1n) is 9.39. The Kier molecular flexibility index (Phi) is 5.71. The molecule has 1 saturated carbocycles. The van der Waals surface area contributed by atoms with Gasteiger partial charge in [-0.1, -0.05) is 38.3 Å². The fourth-order valence-electron chi connectivity index (χ4n) is 4.07. The van der Waals surface area contributed by atoms with Gasteiger partial charge in [0.15, 0.2) is 0 Å². The third-order valence-electron chi connectivity index (χ3n) is 5.40. The lowest BCUT2D eigenvalue weighted by Gasteiger charge is -2.28. The Morgan fingerprint density at radius 1 is 1.13 bits per heavy atom. The molecule has 23 heavy (non-hydrogen) atoms. The van der Waals surface area contributed by atoms with Crippen molar-refractivity contribution in [3.63, 3.8) is 0 Å². The SMILES string of the molecule is CCCCC1CCC(c2nc3ccccc3n2CCCO)CC1. The number of unbranched alkanes of at least 4 members (excludes halogenated alkanes) is 1. The minimum absolute atomic E-state index is 0.246. The summed E-state index contributed by atoms with van der Waals surface area (Å²) in [5, 5.41) is 9.22. The normalized spacial score (nSPS) is 21.8. The minimum Gasteiger partial charge on any atom is -0.396 e. The van der Waals surface area contributed by atoms with Crippen LogP contribution in [0.25, 0.3) is 11.0 Å². The van der Waals surface area contributed by atoms with E-state index in [4.69, 9.17) is 4.98 Å². The average molecular weight is 314 g/mol. The van der Waals surface area contributed by atoms with E-state index in [1.165, 1.54) is 56.3 Å². The van der Waals surface area contributed by atoms with Crippen LogP contribution in [0.5, 0.6) is 0 Å². The Hall–Kier alpha value is -1.35. The molecule has 2 aromatic rings. The van der Waals surface area contributed by atoms with E-state index in [0.717, 1.165) is 24.4 Å². The molecule has 1 fully saturated rings. The molecule has 0 saturated heterocycles. The molecule has 126 valence electrons. The summed E-state index contributed by atoms with van der Waals surface area (Å²) in [5.41, 5.74) is 2.33. The molecule has 0 atom stereocenters. The van der Waals surface area contributed by atoms with Crippen molar-refractivity contribution >= 4 is 11.0 Å². The predicted octanol–water partition coefficient (Wildman–Crippen LogP) is 4.88. The third kappa shape index (κ3) is 3.77. The molecule has 1 N–H and O–H groups in total. The van der Waals surface area contributed by atoms with Crippen molar-refractivity contribution in [2.24, 2.45) is 5.92 Å². The average Bonchev–Trinajstić information content (AvgIpc) is 2.97. The van der Waals surface area contributed by atoms with Crippen LogP contribution in [0.2, 0.25) is 0 Å². The van der Waals surface area contributed by atoms with Gasteiger partial charge in [0.25, 0.3) is 0 Å². The molecule has 0 spiro atoms. The maximum Gasteiger partial charge on any atom is 0.112 e. The molecular formula is C20H30N2O. The maximum atomic E-state index is 9.22. The summed E-state index contributed by atoms with van der Waals surface area (Å²) in [6.07, 6.45) is 10.2. The second kappa shape index (κ2) is 7.96. The number of imidazole rings is 1. The Morgan fingerprint density at radius 2 is 1.91 bits per heavy atom. The standard InChI is InChI=1S/C20H30N2O/c1-2-3-7-16-10-12-17(13-11-16)20-21-18-8-4-5-9-19(18)22(20)14-6-15-23/h4-5,8-9,16-17,23H,2-3,6-7,10-15H2,1H3. The summed E-state index contributed by atoms with van der Waals surface area (Å²) in [4.78, 5) is 4.96. The molecule has 3 heteroatoms. The fourth-order valence-corrected chi connectivity index (χ4v) is 4.07. The molecule has 3 nitrogen and oxygen atoms in total. The van der Waals surface area contributed by atoms with Crippen molar-refractivity contribution < 1.29 is 5.11 Å². The predicted molar refractivity (Wildman–Crippen MR) is 95.7 cm³/mol. The van der Waals surface area contributed by atoms with Crippen LogP contribution in [0.3, 0.4) is 0 Å². The van der Waals surface area contributed by atoms with E-state index >= 15 is 0 Å². The number of aliphatic hydroxyl groups excluding tert-OH is 1.